The molecule has 0 aromatic heterocycles. The summed E-state index contributed by atoms with van der Waals surface area (Å²) in [5, 5.41) is 6.99. The van der Waals surface area contributed by atoms with Crippen molar-refractivity contribution in [2.45, 2.75) is 32.7 Å². The molecule has 0 unspecified atom stereocenters. The van der Waals surface area contributed by atoms with Crippen LogP contribution in [0.25, 0.3) is 0 Å². The average Bonchev–Trinajstić information content (AvgIpc) is 2.76. The molecule has 2 aliphatic rings. The van der Waals surface area contributed by atoms with Gasteiger partial charge in [0.1, 0.15) is 0 Å². The molecule has 3 rings (SSSR count). The number of amides is 1. The Hall–Kier alpha value is -2.32. The third kappa shape index (κ3) is 6.83. The number of rotatable bonds is 7. The zero-order valence-corrected chi connectivity index (χ0v) is 19.4. The van der Waals surface area contributed by atoms with Crippen LogP contribution in [0.1, 0.15) is 24.0 Å². The number of nitrogens with zero attached hydrogens (tertiary/aromatic N) is 4. The number of nitrogens with two attached hydrogens (primary N) is 1. The summed E-state index contributed by atoms with van der Waals surface area (Å²) in [7, 11) is 1.82. The van der Waals surface area contributed by atoms with Crippen LogP contribution in [0.5, 0.6) is 0 Å². The molecule has 0 atom stereocenters. The van der Waals surface area contributed by atoms with Crippen molar-refractivity contribution in [2.24, 2.45) is 10.7 Å². The second-order valence-electron chi connectivity index (χ2n) is 8.71. The number of aliphatic imine (C=N–C) groups is 1. The number of guanidine groups is 1. The van der Waals surface area contributed by atoms with E-state index < -0.39 is 0 Å². The van der Waals surface area contributed by atoms with E-state index in [4.69, 9.17) is 5.73 Å². The molecule has 1 aromatic rings. The highest BCUT2D eigenvalue weighted by atomic mass is 16.1. The average molecular weight is 430 g/mol. The molecule has 4 N–H and O–H groups in total. The topological polar surface area (TPSA) is 89.2 Å². The summed E-state index contributed by atoms with van der Waals surface area (Å²) in [5.41, 5.74) is 9.43. The number of hydrogen-bond acceptors (Lipinski definition) is 5. The number of carbonyl (C=O) groups excluding carboxylic acids is 1. The highest BCUT2D eigenvalue weighted by Crippen LogP contribution is 2.23. The Labute approximate surface area is 186 Å². The van der Waals surface area contributed by atoms with E-state index in [1.54, 1.807) is 0 Å². The first-order valence-corrected chi connectivity index (χ1v) is 11.5. The molecule has 1 aromatic carbocycles. The number of hydrogen-bond donors (Lipinski definition) is 3. The molecule has 172 valence electrons. The summed E-state index contributed by atoms with van der Waals surface area (Å²) < 4.78 is 0. The predicted molar refractivity (Wildman–Crippen MR) is 128 cm³/mol. The summed E-state index contributed by atoms with van der Waals surface area (Å²) in [6.07, 6.45) is 1.99. The van der Waals surface area contributed by atoms with E-state index in [9.17, 15) is 4.79 Å². The van der Waals surface area contributed by atoms with Crippen LogP contribution in [0.3, 0.4) is 0 Å². The van der Waals surface area contributed by atoms with Crippen LogP contribution in [0.15, 0.2) is 23.2 Å². The van der Waals surface area contributed by atoms with Gasteiger partial charge in [-0.2, -0.15) is 0 Å². The van der Waals surface area contributed by atoms with Gasteiger partial charge in [0.2, 0.25) is 5.91 Å². The lowest BCUT2D eigenvalue weighted by Gasteiger charge is -2.37. The summed E-state index contributed by atoms with van der Waals surface area (Å²) in [6.45, 7) is 12.7. The summed E-state index contributed by atoms with van der Waals surface area (Å²) >= 11 is 0. The van der Waals surface area contributed by atoms with Crippen LogP contribution in [-0.2, 0) is 4.79 Å². The maximum atomic E-state index is 11.1. The number of carbonyl (C=O) groups is 1. The number of primary amides is 1. The van der Waals surface area contributed by atoms with Gasteiger partial charge in [0.15, 0.2) is 5.96 Å². The Balaban J connectivity index is 1.34. The van der Waals surface area contributed by atoms with E-state index in [1.165, 1.54) is 16.8 Å². The highest BCUT2D eigenvalue weighted by molar-refractivity contribution is 5.80. The van der Waals surface area contributed by atoms with Crippen molar-refractivity contribution < 1.29 is 4.79 Å². The predicted octanol–water partition coefficient (Wildman–Crippen LogP) is 0.540. The number of piperazine rings is 1. The van der Waals surface area contributed by atoms with Crippen molar-refractivity contribution in [3.63, 3.8) is 0 Å². The number of anilines is 1. The Kier molecular flexibility index (Phi) is 8.54. The van der Waals surface area contributed by atoms with E-state index >= 15 is 0 Å². The van der Waals surface area contributed by atoms with Crippen LogP contribution in [0.4, 0.5) is 5.69 Å². The normalized spacial score (nSPS) is 19.5. The fraction of sp³-hybridized carbons (Fsp3) is 0.652. The lowest BCUT2D eigenvalue weighted by molar-refractivity contribution is -0.119. The number of nitrogens with one attached hydrogen (secondary N) is 2. The molecular weight excluding hydrogens is 390 g/mol. The van der Waals surface area contributed by atoms with Crippen molar-refractivity contribution in [1.29, 1.82) is 0 Å². The third-order valence-corrected chi connectivity index (χ3v) is 6.54. The first kappa shape index (κ1) is 23.3. The summed E-state index contributed by atoms with van der Waals surface area (Å²) in [5.74, 6) is 0.612. The quantitative estimate of drug-likeness (QED) is 0.433. The van der Waals surface area contributed by atoms with Gasteiger partial charge in [-0.1, -0.05) is 12.1 Å². The van der Waals surface area contributed by atoms with Crippen LogP contribution in [0.2, 0.25) is 0 Å². The van der Waals surface area contributed by atoms with Gasteiger partial charge in [0.25, 0.3) is 0 Å². The second kappa shape index (κ2) is 11.3. The monoisotopic (exact) mass is 429 g/mol. The van der Waals surface area contributed by atoms with Crippen LogP contribution in [0, 0.1) is 13.8 Å². The molecule has 0 spiro atoms. The van der Waals surface area contributed by atoms with E-state index in [0.29, 0.717) is 12.6 Å². The number of piperidine rings is 1. The molecule has 31 heavy (non-hydrogen) atoms. The molecule has 2 aliphatic heterocycles. The van der Waals surface area contributed by atoms with Gasteiger partial charge in [-0.25, -0.2) is 0 Å². The fourth-order valence-electron chi connectivity index (χ4n) is 4.47. The number of aryl methyl sites for hydroxylation is 1. The lowest BCUT2D eigenvalue weighted by Crippen LogP contribution is -2.52. The first-order valence-electron chi connectivity index (χ1n) is 11.5. The van der Waals surface area contributed by atoms with E-state index in [0.717, 1.165) is 71.2 Å². The molecule has 1 amide bonds. The molecular formula is C23H39N7O. The van der Waals surface area contributed by atoms with Gasteiger partial charge < -0.3 is 21.3 Å². The van der Waals surface area contributed by atoms with E-state index in [1.807, 2.05) is 7.05 Å². The lowest BCUT2D eigenvalue weighted by atomic mass is 10.1. The molecule has 0 saturated carbocycles. The fourth-order valence-corrected chi connectivity index (χ4v) is 4.47. The maximum Gasteiger partial charge on any atom is 0.231 e. The van der Waals surface area contributed by atoms with Gasteiger partial charge in [0.05, 0.1) is 6.54 Å². The Bertz CT molecular complexity index is 750. The Morgan fingerprint density at radius 1 is 1.10 bits per heavy atom. The largest absolute Gasteiger partial charge is 0.369 e. The molecule has 8 heteroatoms. The molecule has 2 fully saturated rings. The first-order chi connectivity index (χ1) is 15.0. The van der Waals surface area contributed by atoms with Gasteiger partial charge in [-0.15, -0.1) is 0 Å². The molecule has 2 heterocycles. The van der Waals surface area contributed by atoms with Gasteiger partial charge in [-0.3, -0.25) is 19.6 Å². The van der Waals surface area contributed by atoms with Crippen molar-refractivity contribution in [3.05, 3.63) is 29.3 Å². The van der Waals surface area contributed by atoms with Crippen molar-refractivity contribution in [2.75, 3.05) is 70.9 Å². The summed E-state index contributed by atoms with van der Waals surface area (Å²) in [4.78, 5) is 22.6. The minimum atomic E-state index is -0.251. The Morgan fingerprint density at radius 3 is 2.45 bits per heavy atom. The minimum Gasteiger partial charge on any atom is -0.369 e. The highest BCUT2D eigenvalue weighted by Gasteiger charge is 2.21. The Morgan fingerprint density at radius 2 is 1.81 bits per heavy atom. The van der Waals surface area contributed by atoms with Crippen LogP contribution in [-0.4, -0.2) is 93.7 Å². The number of benzene rings is 1. The zero-order valence-electron chi connectivity index (χ0n) is 19.4. The minimum absolute atomic E-state index is 0.251. The molecule has 2 saturated heterocycles. The number of likely N-dealkylation sites (tertiary alicyclic amines) is 1. The van der Waals surface area contributed by atoms with Crippen molar-refractivity contribution >= 4 is 17.6 Å². The molecule has 8 nitrogen and oxygen atoms in total. The molecule has 0 radical (unpaired) electrons. The van der Waals surface area contributed by atoms with Gasteiger partial charge in [0, 0.05) is 71.1 Å². The van der Waals surface area contributed by atoms with Crippen molar-refractivity contribution in [3.8, 4) is 0 Å². The van der Waals surface area contributed by atoms with Crippen molar-refractivity contribution in [1.82, 2.24) is 20.4 Å². The smallest absolute Gasteiger partial charge is 0.231 e. The third-order valence-electron chi connectivity index (χ3n) is 6.54. The molecule has 0 bridgehead atoms. The van der Waals surface area contributed by atoms with E-state index in [2.05, 4.69) is 62.4 Å². The van der Waals surface area contributed by atoms with Gasteiger partial charge >= 0.3 is 0 Å². The second-order valence-corrected chi connectivity index (χ2v) is 8.71. The summed E-state index contributed by atoms with van der Waals surface area (Å²) in [6, 6.07) is 6.98. The SMILES string of the molecule is CN=C(NCCN1CCN(c2cccc(C)c2C)CC1)NC1CCN(CC(N)=O)CC1. The van der Waals surface area contributed by atoms with Crippen LogP contribution < -0.4 is 21.3 Å². The molecule has 0 aliphatic carbocycles. The maximum absolute atomic E-state index is 11.1. The van der Waals surface area contributed by atoms with Gasteiger partial charge in [-0.05, 0) is 43.9 Å². The van der Waals surface area contributed by atoms with Crippen LogP contribution >= 0.6 is 0 Å². The van der Waals surface area contributed by atoms with E-state index in [-0.39, 0.29) is 5.91 Å². The standard InChI is InChI=1S/C23H39N7O/c1-18-5-4-6-21(19(18)2)30-15-13-28(14-16-30)12-9-26-23(25-3)27-20-7-10-29(11-8-20)17-22(24)31/h4-6,20H,7-17H2,1-3H3,(H2,24,31)(H2,25,26,27). The zero-order chi connectivity index (χ0) is 22.2.